The molecule has 1 unspecified atom stereocenters. The van der Waals surface area contributed by atoms with Crippen LogP contribution in [0.2, 0.25) is 0 Å². The first kappa shape index (κ1) is 12.3. The van der Waals surface area contributed by atoms with Crippen LogP contribution in [0.15, 0.2) is 22.8 Å². The third-order valence-electron chi connectivity index (χ3n) is 2.09. The minimum atomic E-state index is -0.891. The molecule has 88 valence electrons. The standard InChI is InChI=1S/C10H15N3O3/c1-13(6-7-3-2-4-16-7)10(15)8(11)5-9(12)14/h2-4,8H,5-6,11H2,1H3,(H2,12,14). The molecule has 4 N–H and O–H groups in total. The molecule has 0 saturated carbocycles. The van der Waals surface area contributed by atoms with Gasteiger partial charge in [-0.2, -0.15) is 0 Å². The third kappa shape index (κ3) is 3.39. The first-order valence-corrected chi connectivity index (χ1v) is 4.82. The fraction of sp³-hybridized carbons (Fsp3) is 0.400. The number of primary amides is 1. The van der Waals surface area contributed by atoms with Gasteiger partial charge in [0.15, 0.2) is 0 Å². The van der Waals surface area contributed by atoms with Crippen molar-refractivity contribution < 1.29 is 14.0 Å². The molecule has 0 fully saturated rings. The fourth-order valence-corrected chi connectivity index (χ4v) is 1.30. The second kappa shape index (κ2) is 5.32. The molecule has 1 rings (SSSR count). The van der Waals surface area contributed by atoms with Crippen LogP contribution >= 0.6 is 0 Å². The Kier molecular flexibility index (Phi) is 4.07. The second-order valence-corrected chi connectivity index (χ2v) is 3.55. The number of carbonyl (C=O) groups excluding carboxylic acids is 2. The van der Waals surface area contributed by atoms with Crippen molar-refractivity contribution in [3.05, 3.63) is 24.2 Å². The molecule has 6 heteroatoms. The molecule has 0 aliphatic rings. The Bertz CT molecular complexity index is 361. The summed E-state index contributed by atoms with van der Waals surface area (Å²) in [6.45, 7) is 0.318. The first-order valence-electron chi connectivity index (χ1n) is 4.82. The average molecular weight is 225 g/mol. The lowest BCUT2D eigenvalue weighted by Gasteiger charge is -2.19. The van der Waals surface area contributed by atoms with Gasteiger partial charge in [0.2, 0.25) is 11.8 Å². The molecular formula is C10H15N3O3. The molecular weight excluding hydrogens is 210 g/mol. The minimum Gasteiger partial charge on any atom is -0.467 e. The summed E-state index contributed by atoms with van der Waals surface area (Å²) in [5, 5.41) is 0. The topological polar surface area (TPSA) is 103 Å². The van der Waals surface area contributed by atoms with Crippen molar-refractivity contribution in [1.82, 2.24) is 4.90 Å². The van der Waals surface area contributed by atoms with Crippen molar-refractivity contribution in [2.24, 2.45) is 11.5 Å². The van der Waals surface area contributed by atoms with Crippen molar-refractivity contribution in [1.29, 1.82) is 0 Å². The van der Waals surface area contributed by atoms with Gasteiger partial charge in [0.1, 0.15) is 5.76 Å². The third-order valence-corrected chi connectivity index (χ3v) is 2.09. The molecule has 1 heterocycles. The number of hydrogen-bond donors (Lipinski definition) is 2. The zero-order valence-corrected chi connectivity index (χ0v) is 9.05. The summed E-state index contributed by atoms with van der Waals surface area (Å²) in [6.07, 6.45) is 1.37. The van der Waals surface area contributed by atoms with E-state index in [0.29, 0.717) is 12.3 Å². The first-order chi connectivity index (χ1) is 7.50. The molecule has 0 aliphatic carbocycles. The summed E-state index contributed by atoms with van der Waals surface area (Å²) >= 11 is 0. The minimum absolute atomic E-state index is 0.151. The molecule has 0 aromatic carbocycles. The maximum Gasteiger partial charge on any atom is 0.240 e. The number of nitrogens with two attached hydrogens (primary N) is 2. The number of hydrogen-bond acceptors (Lipinski definition) is 4. The number of amides is 2. The van der Waals surface area contributed by atoms with Gasteiger partial charge < -0.3 is 20.8 Å². The van der Waals surface area contributed by atoms with Crippen LogP contribution in [0.4, 0.5) is 0 Å². The normalized spacial score (nSPS) is 12.1. The highest BCUT2D eigenvalue weighted by molar-refractivity contribution is 5.87. The maximum atomic E-state index is 11.7. The van der Waals surface area contributed by atoms with Gasteiger partial charge in [-0.05, 0) is 12.1 Å². The molecule has 0 bridgehead atoms. The van der Waals surface area contributed by atoms with Crippen molar-refractivity contribution in [3.63, 3.8) is 0 Å². The monoisotopic (exact) mass is 225 g/mol. The lowest BCUT2D eigenvalue weighted by molar-refractivity contribution is -0.134. The van der Waals surface area contributed by atoms with Gasteiger partial charge in [-0.3, -0.25) is 9.59 Å². The maximum absolute atomic E-state index is 11.7. The van der Waals surface area contributed by atoms with Crippen LogP contribution in [0.5, 0.6) is 0 Å². The van der Waals surface area contributed by atoms with E-state index in [4.69, 9.17) is 15.9 Å². The Hall–Kier alpha value is -1.82. The fourth-order valence-electron chi connectivity index (χ4n) is 1.30. The van der Waals surface area contributed by atoms with E-state index in [1.807, 2.05) is 0 Å². The summed E-state index contributed by atoms with van der Waals surface area (Å²) in [5.74, 6) is -0.274. The summed E-state index contributed by atoms with van der Waals surface area (Å²) in [7, 11) is 1.59. The molecule has 0 spiro atoms. The van der Waals surface area contributed by atoms with E-state index in [2.05, 4.69) is 0 Å². The second-order valence-electron chi connectivity index (χ2n) is 3.55. The number of furan rings is 1. The summed E-state index contributed by atoms with van der Waals surface area (Å²) < 4.78 is 5.09. The molecule has 2 amide bonds. The molecule has 0 aliphatic heterocycles. The predicted molar refractivity (Wildman–Crippen MR) is 57.0 cm³/mol. The Morgan fingerprint density at radius 2 is 2.25 bits per heavy atom. The molecule has 16 heavy (non-hydrogen) atoms. The van der Waals surface area contributed by atoms with Crippen molar-refractivity contribution >= 4 is 11.8 Å². The molecule has 0 radical (unpaired) electrons. The lowest BCUT2D eigenvalue weighted by Crippen LogP contribution is -2.43. The van der Waals surface area contributed by atoms with E-state index in [0.717, 1.165) is 0 Å². The Morgan fingerprint density at radius 3 is 2.75 bits per heavy atom. The van der Waals surface area contributed by atoms with Crippen LogP contribution in [0, 0.1) is 0 Å². The zero-order chi connectivity index (χ0) is 12.1. The van der Waals surface area contributed by atoms with Crippen LogP contribution in [0.3, 0.4) is 0 Å². The Morgan fingerprint density at radius 1 is 1.56 bits per heavy atom. The average Bonchev–Trinajstić information content (AvgIpc) is 2.68. The van der Waals surface area contributed by atoms with Gasteiger partial charge in [0.25, 0.3) is 0 Å². The number of rotatable bonds is 5. The molecule has 1 atom stereocenters. The van der Waals surface area contributed by atoms with Gasteiger partial charge in [0.05, 0.1) is 25.3 Å². The van der Waals surface area contributed by atoms with Crippen molar-refractivity contribution in [3.8, 4) is 0 Å². The van der Waals surface area contributed by atoms with E-state index in [-0.39, 0.29) is 12.3 Å². The van der Waals surface area contributed by atoms with Crippen LogP contribution in [-0.2, 0) is 16.1 Å². The summed E-state index contributed by atoms with van der Waals surface area (Å²) in [4.78, 5) is 23.7. The summed E-state index contributed by atoms with van der Waals surface area (Å²) in [6, 6.07) is 2.60. The molecule has 6 nitrogen and oxygen atoms in total. The predicted octanol–water partition coefficient (Wildman–Crippen LogP) is -0.559. The summed E-state index contributed by atoms with van der Waals surface area (Å²) in [5.41, 5.74) is 10.5. The van der Waals surface area contributed by atoms with Gasteiger partial charge in [0, 0.05) is 7.05 Å². The van der Waals surface area contributed by atoms with Gasteiger partial charge >= 0.3 is 0 Å². The Balaban J connectivity index is 2.50. The van der Waals surface area contributed by atoms with E-state index in [1.54, 1.807) is 19.2 Å². The van der Waals surface area contributed by atoms with Crippen LogP contribution < -0.4 is 11.5 Å². The number of nitrogens with zero attached hydrogens (tertiary/aromatic N) is 1. The van der Waals surface area contributed by atoms with E-state index < -0.39 is 11.9 Å². The largest absolute Gasteiger partial charge is 0.467 e. The van der Waals surface area contributed by atoms with E-state index in [9.17, 15) is 9.59 Å². The zero-order valence-electron chi connectivity index (χ0n) is 9.05. The SMILES string of the molecule is CN(Cc1ccco1)C(=O)C(N)CC(N)=O. The van der Waals surface area contributed by atoms with E-state index in [1.165, 1.54) is 11.2 Å². The Labute approximate surface area is 93.2 Å². The lowest BCUT2D eigenvalue weighted by atomic mass is 10.2. The highest BCUT2D eigenvalue weighted by atomic mass is 16.3. The highest BCUT2D eigenvalue weighted by Gasteiger charge is 2.20. The van der Waals surface area contributed by atoms with E-state index >= 15 is 0 Å². The smallest absolute Gasteiger partial charge is 0.240 e. The van der Waals surface area contributed by atoms with Crippen molar-refractivity contribution in [2.45, 2.75) is 19.0 Å². The van der Waals surface area contributed by atoms with Gasteiger partial charge in [-0.25, -0.2) is 0 Å². The number of carbonyl (C=O) groups is 2. The van der Waals surface area contributed by atoms with Crippen LogP contribution in [0.1, 0.15) is 12.2 Å². The molecule has 1 aromatic rings. The quantitative estimate of drug-likeness (QED) is 0.701. The molecule has 0 saturated heterocycles. The van der Waals surface area contributed by atoms with Crippen LogP contribution in [-0.4, -0.2) is 29.8 Å². The van der Waals surface area contributed by atoms with Gasteiger partial charge in [-0.1, -0.05) is 0 Å². The van der Waals surface area contributed by atoms with Gasteiger partial charge in [-0.15, -0.1) is 0 Å². The van der Waals surface area contributed by atoms with Crippen molar-refractivity contribution in [2.75, 3.05) is 7.05 Å². The number of likely N-dealkylation sites (N-methyl/N-ethyl adjacent to an activating group) is 1. The van der Waals surface area contributed by atoms with Crippen LogP contribution in [0.25, 0.3) is 0 Å². The highest BCUT2D eigenvalue weighted by Crippen LogP contribution is 2.05. The molecule has 1 aromatic heterocycles.